The summed E-state index contributed by atoms with van der Waals surface area (Å²) in [7, 11) is 0. The minimum absolute atomic E-state index is 0.140. The van der Waals surface area contributed by atoms with E-state index in [0.717, 1.165) is 19.5 Å². The molecule has 2 nitrogen and oxygen atoms in total. The first-order chi connectivity index (χ1) is 5.22. The van der Waals surface area contributed by atoms with E-state index in [1.54, 1.807) is 0 Å². The van der Waals surface area contributed by atoms with Crippen LogP contribution in [0.4, 0.5) is 0 Å². The zero-order valence-electron chi connectivity index (χ0n) is 7.21. The fraction of sp³-hybridized carbons (Fsp3) is 0.667. The van der Waals surface area contributed by atoms with Gasteiger partial charge in [-0.3, -0.25) is 4.79 Å². The van der Waals surface area contributed by atoms with Gasteiger partial charge in [0.2, 0.25) is 5.91 Å². The number of hydrogen-bond acceptors (Lipinski definition) is 1. The van der Waals surface area contributed by atoms with Crippen LogP contribution in [-0.2, 0) is 4.79 Å². The lowest BCUT2D eigenvalue weighted by Crippen LogP contribution is -2.36. The average Bonchev–Trinajstić information content (AvgIpc) is 2.05. The molecule has 1 amide bonds. The molecule has 0 saturated carbocycles. The first kappa shape index (κ1) is 8.31. The lowest BCUT2D eigenvalue weighted by molar-refractivity contribution is -0.134. The summed E-state index contributed by atoms with van der Waals surface area (Å²) in [6, 6.07) is 0. The van der Waals surface area contributed by atoms with E-state index in [4.69, 9.17) is 0 Å². The van der Waals surface area contributed by atoms with Gasteiger partial charge in [0.1, 0.15) is 0 Å². The van der Waals surface area contributed by atoms with Crippen molar-refractivity contribution in [2.45, 2.75) is 20.3 Å². The third-order valence-corrected chi connectivity index (χ3v) is 1.86. The highest BCUT2D eigenvalue weighted by Crippen LogP contribution is 2.06. The Bertz CT molecular complexity index is 172. The summed E-state index contributed by atoms with van der Waals surface area (Å²) < 4.78 is 0. The van der Waals surface area contributed by atoms with E-state index in [1.807, 2.05) is 18.7 Å². The van der Waals surface area contributed by atoms with Gasteiger partial charge in [0.05, 0.1) is 0 Å². The van der Waals surface area contributed by atoms with Crippen LogP contribution in [0.2, 0.25) is 0 Å². The first-order valence-electron chi connectivity index (χ1n) is 4.15. The largest absolute Gasteiger partial charge is 0.338 e. The van der Waals surface area contributed by atoms with Crippen LogP contribution in [0.1, 0.15) is 20.3 Å². The van der Waals surface area contributed by atoms with Crippen LogP contribution in [0.5, 0.6) is 0 Å². The average molecular weight is 153 g/mol. The molecule has 1 aliphatic rings. The minimum atomic E-state index is 0.140. The Hall–Kier alpha value is -0.790. The summed E-state index contributed by atoms with van der Waals surface area (Å²) in [6.07, 6.45) is 5.20. The molecule has 0 unspecified atom stereocenters. The van der Waals surface area contributed by atoms with Crippen molar-refractivity contribution in [3.63, 3.8) is 0 Å². The molecule has 1 aliphatic heterocycles. The Morgan fingerprint density at radius 2 is 2.18 bits per heavy atom. The topological polar surface area (TPSA) is 20.3 Å². The molecule has 0 fully saturated rings. The second kappa shape index (κ2) is 3.56. The fourth-order valence-electron chi connectivity index (χ4n) is 1.21. The first-order valence-corrected chi connectivity index (χ1v) is 4.15. The van der Waals surface area contributed by atoms with E-state index in [1.165, 1.54) is 0 Å². The Morgan fingerprint density at radius 3 is 2.64 bits per heavy atom. The van der Waals surface area contributed by atoms with Crippen molar-refractivity contribution in [1.82, 2.24) is 4.90 Å². The molecule has 0 aliphatic carbocycles. The van der Waals surface area contributed by atoms with E-state index in [2.05, 4.69) is 12.2 Å². The number of carbonyl (C=O) groups excluding carboxylic acids is 1. The number of hydrogen-bond donors (Lipinski definition) is 0. The molecular weight excluding hydrogens is 138 g/mol. The smallest absolute Gasteiger partial charge is 0.225 e. The van der Waals surface area contributed by atoms with Gasteiger partial charge in [-0.15, -0.1) is 0 Å². The van der Waals surface area contributed by atoms with Gasteiger partial charge >= 0.3 is 0 Å². The molecule has 1 heterocycles. The third kappa shape index (κ3) is 2.07. The van der Waals surface area contributed by atoms with E-state index < -0.39 is 0 Å². The zero-order valence-corrected chi connectivity index (χ0v) is 7.21. The Balaban J connectivity index is 2.47. The number of carbonyl (C=O) groups is 1. The molecule has 0 N–H and O–H groups in total. The van der Waals surface area contributed by atoms with Crippen LogP contribution in [-0.4, -0.2) is 23.9 Å². The Labute approximate surface area is 67.9 Å². The van der Waals surface area contributed by atoms with Crippen LogP contribution in [0.3, 0.4) is 0 Å². The summed E-state index contributed by atoms with van der Waals surface area (Å²) in [5.74, 6) is 0.413. The quantitative estimate of drug-likeness (QED) is 0.522. The minimum Gasteiger partial charge on any atom is -0.338 e. The monoisotopic (exact) mass is 153 g/mol. The summed E-state index contributed by atoms with van der Waals surface area (Å²) in [5, 5.41) is 0. The van der Waals surface area contributed by atoms with Gasteiger partial charge in [0.15, 0.2) is 0 Å². The molecule has 0 atom stereocenters. The standard InChI is InChI=1S/C9H15NO/c1-8(2)9(11)10-6-4-3-5-7-10/h3-4,8H,5-7H2,1-2H3. The third-order valence-electron chi connectivity index (χ3n) is 1.86. The van der Waals surface area contributed by atoms with Crippen molar-refractivity contribution < 1.29 is 4.79 Å². The fourth-order valence-corrected chi connectivity index (χ4v) is 1.21. The van der Waals surface area contributed by atoms with Gasteiger partial charge in [-0.2, -0.15) is 0 Å². The summed E-state index contributed by atoms with van der Waals surface area (Å²) in [6.45, 7) is 5.59. The lowest BCUT2D eigenvalue weighted by atomic mass is 10.1. The molecule has 11 heavy (non-hydrogen) atoms. The van der Waals surface area contributed by atoms with Gasteiger partial charge in [-0.1, -0.05) is 26.0 Å². The highest BCUT2D eigenvalue weighted by atomic mass is 16.2. The van der Waals surface area contributed by atoms with Crippen LogP contribution in [0, 0.1) is 5.92 Å². The van der Waals surface area contributed by atoms with Gasteiger partial charge in [-0.25, -0.2) is 0 Å². The highest BCUT2D eigenvalue weighted by molar-refractivity contribution is 5.78. The van der Waals surface area contributed by atoms with Crippen molar-refractivity contribution in [2.24, 2.45) is 5.92 Å². The molecular formula is C9H15NO. The van der Waals surface area contributed by atoms with Gasteiger partial charge in [0, 0.05) is 19.0 Å². The maximum atomic E-state index is 11.4. The van der Waals surface area contributed by atoms with Gasteiger partial charge in [0.25, 0.3) is 0 Å². The molecule has 0 aromatic rings. The van der Waals surface area contributed by atoms with Crippen molar-refractivity contribution in [3.05, 3.63) is 12.2 Å². The Kier molecular flexibility index (Phi) is 2.69. The van der Waals surface area contributed by atoms with Crippen molar-refractivity contribution >= 4 is 5.91 Å². The van der Waals surface area contributed by atoms with E-state index in [9.17, 15) is 4.79 Å². The van der Waals surface area contributed by atoms with Crippen LogP contribution < -0.4 is 0 Å². The zero-order chi connectivity index (χ0) is 8.27. The summed E-state index contributed by atoms with van der Waals surface area (Å²) in [4.78, 5) is 13.3. The van der Waals surface area contributed by atoms with Crippen LogP contribution >= 0.6 is 0 Å². The highest BCUT2D eigenvalue weighted by Gasteiger charge is 2.16. The number of amides is 1. The maximum Gasteiger partial charge on any atom is 0.225 e. The lowest BCUT2D eigenvalue weighted by Gasteiger charge is -2.24. The van der Waals surface area contributed by atoms with E-state index in [0.29, 0.717) is 0 Å². The number of rotatable bonds is 1. The van der Waals surface area contributed by atoms with Crippen molar-refractivity contribution in [1.29, 1.82) is 0 Å². The Morgan fingerprint density at radius 1 is 1.45 bits per heavy atom. The predicted octanol–water partition coefficient (Wildman–Crippen LogP) is 1.43. The van der Waals surface area contributed by atoms with Crippen molar-refractivity contribution in [3.8, 4) is 0 Å². The second-order valence-corrected chi connectivity index (χ2v) is 3.20. The van der Waals surface area contributed by atoms with Crippen LogP contribution in [0.25, 0.3) is 0 Å². The molecule has 1 rings (SSSR count). The molecule has 0 aromatic carbocycles. The molecule has 0 saturated heterocycles. The van der Waals surface area contributed by atoms with E-state index >= 15 is 0 Å². The van der Waals surface area contributed by atoms with Crippen molar-refractivity contribution in [2.75, 3.05) is 13.1 Å². The van der Waals surface area contributed by atoms with Gasteiger partial charge in [-0.05, 0) is 6.42 Å². The predicted molar refractivity (Wildman–Crippen MR) is 45.2 cm³/mol. The molecule has 0 bridgehead atoms. The summed E-state index contributed by atoms with van der Waals surface area (Å²) in [5.41, 5.74) is 0. The summed E-state index contributed by atoms with van der Waals surface area (Å²) >= 11 is 0. The second-order valence-electron chi connectivity index (χ2n) is 3.20. The molecule has 0 spiro atoms. The molecule has 62 valence electrons. The normalized spacial score (nSPS) is 17.5. The maximum absolute atomic E-state index is 11.4. The molecule has 2 heteroatoms. The van der Waals surface area contributed by atoms with E-state index in [-0.39, 0.29) is 11.8 Å². The van der Waals surface area contributed by atoms with Crippen LogP contribution in [0.15, 0.2) is 12.2 Å². The SMILES string of the molecule is CC(C)C(=O)N1CC=CCC1. The molecule has 0 radical (unpaired) electrons. The molecule has 0 aromatic heterocycles. The van der Waals surface area contributed by atoms with Gasteiger partial charge < -0.3 is 4.90 Å². The number of nitrogens with zero attached hydrogens (tertiary/aromatic N) is 1.